The van der Waals surface area contributed by atoms with Gasteiger partial charge < -0.3 is 9.84 Å². The highest BCUT2D eigenvalue weighted by Crippen LogP contribution is 2.22. The van der Waals surface area contributed by atoms with E-state index in [1.165, 1.54) is 17.8 Å². The van der Waals surface area contributed by atoms with Gasteiger partial charge in [-0.1, -0.05) is 12.1 Å². The van der Waals surface area contributed by atoms with Crippen molar-refractivity contribution in [3.63, 3.8) is 0 Å². The fourth-order valence-corrected chi connectivity index (χ4v) is 3.13. The zero-order valence-corrected chi connectivity index (χ0v) is 11.9. The van der Waals surface area contributed by atoms with Gasteiger partial charge in [0.2, 0.25) is 0 Å². The van der Waals surface area contributed by atoms with E-state index in [1.54, 1.807) is 12.1 Å². The van der Waals surface area contributed by atoms with Gasteiger partial charge in [-0.25, -0.2) is 4.39 Å². The van der Waals surface area contributed by atoms with Crippen molar-refractivity contribution >= 4 is 17.7 Å². The van der Waals surface area contributed by atoms with Gasteiger partial charge in [-0.15, -0.1) is 11.8 Å². The Hall–Kier alpha value is -1.11. The summed E-state index contributed by atoms with van der Waals surface area (Å²) in [6.45, 7) is 2.55. The maximum absolute atomic E-state index is 13.5. The van der Waals surface area contributed by atoms with Crippen molar-refractivity contribution in [2.24, 2.45) is 0 Å². The van der Waals surface area contributed by atoms with Crippen LogP contribution in [0.15, 0.2) is 29.2 Å². The third kappa shape index (κ3) is 4.47. The van der Waals surface area contributed by atoms with Crippen LogP contribution >= 0.6 is 11.8 Å². The van der Waals surface area contributed by atoms with E-state index in [1.807, 2.05) is 6.07 Å². The summed E-state index contributed by atoms with van der Waals surface area (Å²) in [5.41, 5.74) is 0. The van der Waals surface area contributed by atoms with Gasteiger partial charge in [0.25, 0.3) is 0 Å². The predicted octanol–water partition coefficient (Wildman–Crippen LogP) is 2.09. The molecule has 1 aliphatic rings. The van der Waals surface area contributed by atoms with Crippen LogP contribution in [0.4, 0.5) is 4.39 Å². The summed E-state index contributed by atoms with van der Waals surface area (Å²) in [5, 5.41) is 8.89. The topological polar surface area (TPSA) is 49.8 Å². The predicted molar refractivity (Wildman–Crippen MR) is 75.6 cm³/mol. The zero-order chi connectivity index (χ0) is 14.4. The second kappa shape index (κ2) is 7.61. The maximum Gasteiger partial charge on any atom is 0.305 e. The van der Waals surface area contributed by atoms with Gasteiger partial charge in [-0.05, 0) is 12.1 Å². The van der Waals surface area contributed by atoms with Gasteiger partial charge in [0.1, 0.15) is 5.82 Å². The van der Waals surface area contributed by atoms with Gasteiger partial charge in [0, 0.05) is 29.8 Å². The Morgan fingerprint density at radius 1 is 1.50 bits per heavy atom. The molecular weight excluding hydrogens is 281 g/mol. The minimum atomic E-state index is -0.813. The number of halogens is 1. The molecule has 0 bridgehead atoms. The molecule has 0 aromatic heterocycles. The van der Waals surface area contributed by atoms with E-state index < -0.39 is 5.97 Å². The monoisotopic (exact) mass is 299 g/mol. The van der Waals surface area contributed by atoms with Gasteiger partial charge in [-0.2, -0.15) is 0 Å². The highest BCUT2D eigenvalue weighted by atomic mass is 32.2. The number of aliphatic carboxylic acids is 1. The van der Waals surface area contributed by atoms with E-state index in [4.69, 9.17) is 9.84 Å². The molecule has 1 aromatic carbocycles. The Labute approximate surface area is 121 Å². The van der Waals surface area contributed by atoms with Crippen molar-refractivity contribution in [3.8, 4) is 0 Å². The Kier molecular flexibility index (Phi) is 5.82. The van der Waals surface area contributed by atoms with Crippen LogP contribution in [0.1, 0.15) is 6.42 Å². The molecule has 1 aromatic rings. The molecule has 110 valence electrons. The van der Waals surface area contributed by atoms with E-state index in [-0.39, 0.29) is 18.3 Å². The van der Waals surface area contributed by atoms with E-state index in [2.05, 4.69) is 4.90 Å². The van der Waals surface area contributed by atoms with Crippen molar-refractivity contribution in [1.29, 1.82) is 0 Å². The van der Waals surface area contributed by atoms with Crippen molar-refractivity contribution < 1.29 is 19.0 Å². The lowest BCUT2D eigenvalue weighted by Gasteiger charge is -2.34. The highest BCUT2D eigenvalue weighted by Gasteiger charge is 2.24. The van der Waals surface area contributed by atoms with Crippen molar-refractivity contribution in [2.75, 3.05) is 32.1 Å². The first-order valence-corrected chi connectivity index (χ1v) is 7.56. The number of ether oxygens (including phenoxy) is 1. The SMILES string of the molecule is O=C(O)CC1COCCN1CCSc1ccccc1F. The molecule has 4 nitrogen and oxygen atoms in total. The number of rotatable bonds is 6. The van der Waals surface area contributed by atoms with Crippen LogP contribution < -0.4 is 0 Å². The van der Waals surface area contributed by atoms with Crippen molar-refractivity contribution in [3.05, 3.63) is 30.1 Å². The van der Waals surface area contributed by atoms with Crippen LogP contribution in [0, 0.1) is 5.82 Å². The summed E-state index contributed by atoms with van der Waals surface area (Å²) in [4.78, 5) is 13.6. The molecule has 0 amide bonds. The molecule has 0 spiro atoms. The number of hydrogen-bond donors (Lipinski definition) is 1. The molecule has 0 aliphatic carbocycles. The molecule has 6 heteroatoms. The number of carbonyl (C=O) groups is 1. The average Bonchev–Trinajstić information content (AvgIpc) is 2.42. The summed E-state index contributed by atoms with van der Waals surface area (Å²) in [6, 6.07) is 6.61. The fraction of sp³-hybridized carbons (Fsp3) is 0.500. The first-order valence-electron chi connectivity index (χ1n) is 6.57. The molecule has 0 radical (unpaired) electrons. The smallest absolute Gasteiger partial charge is 0.305 e. The van der Waals surface area contributed by atoms with Gasteiger partial charge in [-0.3, -0.25) is 9.69 Å². The van der Waals surface area contributed by atoms with E-state index in [0.29, 0.717) is 18.1 Å². The quantitative estimate of drug-likeness (QED) is 0.815. The molecule has 0 saturated carbocycles. The lowest BCUT2D eigenvalue weighted by atomic mass is 10.1. The number of carboxylic acid groups (broad SMARTS) is 1. The molecule has 1 saturated heterocycles. The Morgan fingerprint density at radius 2 is 2.30 bits per heavy atom. The average molecular weight is 299 g/mol. The second-order valence-electron chi connectivity index (χ2n) is 4.64. The summed E-state index contributed by atoms with van der Waals surface area (Å²) in [6.07, 6.45) is 0.0877. The largest absolute Gasteiger partial charge is 0.481 e. The standard InChI is InChI=1S/C14H18FNO3S/c15-12-3-1-2-4-13(12)20-8-6-16-5-7-19-10-11(16)9-14(17)18/h1-4,11H,5-10H2,(H,17,18). The van der Waals surface area contributed by atoms with E-state index in [9.17, 15) is 9.18 Å². The molecule has 2 rings (SSSR count). The van der Waals surface area contributed by atoms with Crippen LogP contribution in [0.5, 0.6) is 0 Å². The van der Waals surface area contributed by atoms with Crippen LogP contribution in [0.25, 0.3) is 0 Å². The highest BCUT2D eigenvalue weighted by molar-refractivity contribution is 7.99. The molecule has 1 atom stereocenters. The minimum Gasteiger partial charge on any atom is -0.481 e. The summed E-state index contributed by atoms with van der Waals surface area (Å²) in [7, 11) is 0. The van der Waals surface area contributed by atoms with Crippen LogP contribution in [-0.2, 0) is 9.53 Å². The van der Waals surface area contributed by atoms with Crippen LogP contribution in [-0.4, -0.2) is 54.1 Å². The molecule has 20 heavy (non-hydrogen) atoms. The van der Waals surface area contributed by atoms with Gasteiger partial charge >= 0.3 is 5.97 Å². The summed E-state index contributed by atoms with van der Waals surface area (Å²) >= 11 is 1.46. The number of carboxylic acids is 1. The molecule has 1 fully saturated rings. The van der Waals surface area contributed by atoms with Crippen LogP contribution in [0.2, 0.25) is 0 Å². The number of thioether (sulfide) groups is 1. The first kappa shape index (κ1) is 15.3. The third-order valence-corrected chi connectivity index (χ3v) is 4.26. The molecular formula is C14H18FNO3S. The lowest BCUT2D eigenvalue weighted by Crippen LogP contribution is -2.47. The molecule has 1 aliphatic heterocycles. The number of benzene rings is 1. The number of morpholine rings is 1. The molecule has 1 N–H and O–H groups in total. The first-order chi connectivity index (χ1) is 9.66. The van der Waals surface area contributed by atoms with Gasteiger partial charge in [0.05, 0.1) is 19.6 Å². The normalized spacial score (nSPS) is 19.9. The Balaban J connectivity index is 1.82. The molecule has 1 heterocycles. The van der Waals surface area contributed by atoms with Crippen molar-refractivity contribution in [1.82, 2.24) is 4.90 Å². The summed E-state index contributed by atoms with van der Waals surface area (Å²) in [5.74, 6) is -0.286. The molecule has 1 unspecified atom stereocenters. The van der Waals surface area contributed by atoms with E-state index >= 15 is 0 Å². The van der Waals surface area contributed by atoms with Crippen molar-refractivity contribution in [2.45, 2.75) is 17.4 Å². The summed E-state index contributed by atoms with van der Waals surface area (Å²) < 4.78 is 18.8. The fourth-order valence-electron chi connectivity index (χ4n) is 2.21. The Bertz CT molecular complexity index is 458. The number of hydrogen-bond acceptors (Lipinski definition) is 4. The lowest BCUT2D eigenvalue weighted by molar-refractivity contribution is -0.140. The maximum atomic E-state index is 13.5. The number of nitrogens with zero attached hydrogens (tertiary/aromatic N) is 1. The van der Waals surface area contributed by atoms with Gasteiger partial charge in [0.15, 0.2) is 0 Å². The Morgan fingerprint density at radius 3 is 3.05 bits per heavy atom. The third-order valence-electron chi connectivity index (χ3n) is 3.23. The minimum absolute atomic E-state index is 0.0810. The zero-order valence-electron chi connectivity index (χ0n) is 11.1. The van der Waals surface area contributed by atoms with Crippen LogP contribution in [0.3, 0.4) is 0 Å². The van der Waals surface area contributed by atoms with E-state index in [0.717, 1.165) is 18.8 Å². The second-order valence-corrected chi connectivity index (χ2v) is 5.78.